The van der Waals surface area contributed by atoms with Crippen LogP contribution in [0.2, 0.25) is 0 Å². The first-order chi connectivity index (χ1) is 8.97. The van der Waals surface area contributed by atoms with Crippen LogP contribution >= 0.6 is 0 Å². The standard InChI is InChI=1S/C14H19NO4/c1-8-3-2-4-10(14(8)19)11(16)5-9-6-12(17)15-13(18)7-9/h8-10H,2-7H2,1H3,(H,15,17,18)/t8-,10?/m0/s1. The molecule has 0 spiro atoms. The lowest BCUT2D eigenvalue weighted by Gasteiger charge is -2.26. The molecule has 2 fully saturated rings. The number of Topliss-reactive ketones (excluding diaryl/α,β-unsaturated/α-hetero) is 2. The van der Waals surface area contributed by atoms with Crippen LogP contribution in [0.5, 0.6) is 0 Å². The van der Waals surface area contributed by atoms with E-state index in [1.807, 2.05) is 6.92 Å². The first-order valence-corrected chi connectivity index (χ1v) is 6.86. The Kier molecular flexibility index (Phi) is 4.12. The van der Waals surface area contributed by atoms with Crippen molar-refractivity contribution in [2.45, 2.75) is 45.4 Å². The van der Waals surface area contributed by atoms with E-state index in [0.29, 0.717) is 6.42 Å². The van der Waals surface area contributed by atoms with Gasteiger partial charge in [0.15, 0.2) is 0 Å². The van der Waals surface area contributed by atoms with Crippen LogP contribution in [-0.4, -0.2) is 23.4 Å². The van der Waals surface area contributed by atoms with Gasteiger partial charge in [0, 0.05) is 25.2 Å². The predicted octanol–water partition coefficient (Wildman–Crippen LogP) is 1.00. The molecule has 0 radical (unpaired) electrons. The summed E-state index contributed by atoms with van der Waals surface area (Å²) in [7, 11) is 0. The van der Waals surface area contributed by atoms with Crippen molar-refractivity contribution in [3.63, 3.8) is 0 Å². The number of piperidine rings is 1. The Hall–Kier alpha value is -1.52. The van der Waals surface area contributed by atoms with Gasteiger partial charge in [-0.1, -0.05) is 13.3 Å². The summed E-state index contributed by atoms with van der Waals surface area (Å²) in [6.45, 7) is 1.86. The van der Waals surface area contributed by atoms with E-state index in [1.165, 1.54) is 0 Å². The van der Waals surface area contributed by atoms with Crippen molar-refractivity contribution >= 4 is 23.4 Å². The third kappa shape index (κ3) is 3.28. The molecule has 1 aliphatic heterocycles. The van der Waals surface area contributed by atoms with Crippen LogP contribution in [0.25, 0.3) is 0 Å². The molecule has 2 amide bonds. The molecule has 104 valence electrons. The zero-order chi connectivity index (χ0) is 14.0. The number of amides is 2. The van der Waals surface area contributed by atoms with Gasteiger partial charge in [-0.2, -0.15) is 0 Å². The smallest absolute Gasteiger partial charge is 0.226 e. The highest BCUT2D eigenvalue weighted by Gasteiger charge is 2.35. The molecule has 0 aromatic rings. The molecule has 1 aliphatic carbocycles. The number of ketones is 2. The molecule has 5 nitrogen and oxygen atoms in total. The first kappa shape index (κ1) is 13.9. The lowest BCUT2D eigenvalue weighted by molar-refractivity contribution is -0.138. The van der Waals surface area contributed by atoms with Gasteiger partial charge >= 0.3 is 0 Å². The average Bonchev–Trinajstić information content (AvgIpc) is 2.31. The van der Waals surface area contributed by atoms with E-state index in [2.05, 4.69) is 5.32 Å². The molecule has 0 aromatic carbocycles. The lowest BCUT2D eigenvalue weighted by atomic mass is 9.76. The normalized spacial score (nSPS) is 29.2. The Labute approximate surface area is 112 Å². The second-order valence-corrected chi connectivity index (χ2v) is 5.70. The number of hydrogen-bond donors (Lipinski definition) is 1. The lowest BCUT2D eigenvalue weighted by Crippen LogP contribution is -2.40. The summed E-state index contributed by atoms with van der Waals surface area (Å²) in [5.74, 6) is -1.50. The predicted molar refractivity (Wildman–Crippen MR) is 67.0 cm³/mol. The fourth-order valence-corrected chi connectivity index (χ4v) is 3.00. The topological polar surface area (TPSA) is 80.3 Å². The number of hydrogen-bond acceptors (Lipinski definition) is 4. The van der Waals surface area contributed by atoms with Gasteiger partial charge in [0.05, 0.1) is 5.92 Å². The quantitative estimate of drug-likeness (QED) is 0.610. The zero-order valence-electron chi connectivity index (χ0n) is 11.1. The van der Waals surface area contributed by atoms with Crippen molar-refractivity contribution < 1.29 is 19.2 Å². The van der Waals surface area contributed by atoms with Crippen LogP contribution in [-0.2, 0) is 19.2 Å². The van der Waals surface area contributed by atoms with Crippen LogP contribution in [0.15, 0.2) is 0 Å². The molecule has 5 heteroatoms. The second kappa shape index (κ2) is 5.63. The molecular weight excluding hydrogens is 246 g/mol. The molecule has 1 heterocycles. The van der Waals surface area contributed by atoms with Gasteiger partial charge in [-0.3, -0.25) is 24.5 Å². The zero-order valence-corrected chi connectivity index (χ0v) is 11.1. The van der Waals surface area contributed by atoms with E-state index in [4.69, 9.17) is 0 Å². The molecule has 19 heavy (non-hydrogen) atoms. The van der Waals surface area contributed by atoms with Gasteiger partial charge in [0.25, 0.3) is 0 Å². The highest BCUT2D eigenvalue weighted by molar-refractivity contribution is 6.04. The molecule has 2 rings (SSSR count). The molecule has 0 bridgehead atoms. The van der Waals surface area contributed by atoms with Crippen molar-refractivity contribution in [1.82, 2.24) is 5.32 Å². The van der Waals surface area contributed by atoms with Gasteiger partial charge in [0.1, 0.15) is 11.6 Å². The van der Waals surface area contributed by atoms with Crippen molar-refractivity contribution in [3.8, 4) is 0 Å². The Morgan fingerprint density at radius 3 is 2.42 bits per heavy atom. The minimum atomic E-state index is -0.510. The van der Waals surface area contributed by atoms with Crippen LogP contribution in [0.4, 0.5) is 0 Å². The second-order valence-electron chi connectivity index (χ2n) is 5.70. The van der Waals surface area contributed by atoms with Gasteiger partial charge in [-0.25, -0.2) is 0 Å². The fourth-order valence-electron chi connectivity index (χ4n) is 3.00. The molecule has 1 saturated heterocycles. The summed E-state index contributed by atoms with van der Waals surface area (Å²) in [6, 6.07) is 0. The third-order valence-corrected chi connectivity index (χ3v) is 4.06. The largest absolute Gasteiger partial charge is 0.299 e. The molecule has 2 aliphatic rings. The minimum Gasteiger partial charge on any atom is -0.299 e. The summed E-state index contributed by atoms with van der Waals surface area (Å²) in [4.78, 5) is 46.6. The highest BCUT2D eigenvalue weighted by atomic mass is 16.2. The van der Waals surface area contributed by atoms with Crippen molar-refractivity contribution in [3.05, 3.63) is 0 Å². The van der Waals surface area contributed by atoms with Gasteiger partial charge < -0.3 is 0 Å². The third-order valence-electron chi connectivity index (χ3n) is 4.06. The number of nitrogens with one attached hydrogen (secondary N) is 1. The summed E-state index contributed by atoms with van der Waals surface area (Å²) in [6.07, 6.45) is 2.94. The molecule has 0 aromatic heterocycles. The van der Waals surface area contributed by atoms with E-state index in [0.717, 1.165) is 12.8 Å². The Balaban J connectivity index is 1.95. The van der Waals surface area contributed by atoms with Gasteiger partial charge in [-0.05, 0) is 18.8 Å². The highest BCUT2D eigenvalue weighted by Crippen LogP contribution is 2.29. The SMILES string of the molecule is C[C@H]1CCCC(C(=O)CC2CC(=O)NC(=O)C2)C1=O. The number of carbonyl (C=O) groups excluding carboxylic acids is 4. The van der Waals surface area contributed by atoms with Crippen LogP contribution in [0.1, 0.15) is 45.4 Å². The van der Waals surface area contributed by atoms with E-state index in [1.54, 1.807) is 0 Å². The average molecular weight is 265 g/mol. The van der Waals surface area contributed by atoms with Crippen LogP contribution < -0.4 is 5.32 Å². The van der Waals surface area contributed by atoms with Crippen molar-refractivity contribution in [1.29, 1.82) is 0 Å². The van der Waals surface area contributed by atoms with E-state index in [9.17, 15) is 19.2 Å². The van der Waals surface area contributed by atoms with E-state index in [-0.39, 0.29) is 54.5 Å². The van der Waals surface area contributed by atoms with Gasteiger partial charge in [0.2, 0.25) is 11.8 Å². The number of imide groups is 1. The number of rotatable bonds is 3. The summed E-state index contributed by atoms with van der Waals surface area (Å²) in [5, 5.41) is 2.22. The van der Waals surface area contributed by atoms with E-state index < -0.39 is 5.92 Å². The van der Waals surface area contributed by atoms with E-state index >= 15 is 0 Å². The maximum Gasteiger partial charge on any atom is 0.226 e. The monoisotopic (exact) mass is 265 g/mol. The maximum atomic E-state index is 12.2. The molecule has 1 N–H and O–H groups in total. The molecular formula is C14H19NO4. The molecule has 1 unspecified atom stereocenters. The summed E-state index contributed by atoms with van der Waals surface area (Å²) in [5.41, 5.74) is 0. The minimum absolute atomic E-state index is 0.0304. The fraction of sp³-hybridized carbons (Fsp3) is 0.714. The maximum absolute atomic E-state index is 12.2. The Bertz CT molecular complexity index is 413. The van der Waals surface area contributed by atoms with Crippen molar-refractivity contribution in [2.75, 3.05) is 0 Å². The Morgan fingerprint density at radius 1 is 1.16 bits per heavy atom. The Morgan fingerprint density at radius 2 is 1.79 bits per heavy atom. The first-order valence-electron chi connectivity index (χ1n) is 6.86. The van der Waals surface area contributed by atoms with Crippen LogP contribution in [0, 0.1) is 17.8 Å². The molecule has 2 atom stereocenters. The van der Waals surface area contributed by atoms with Crippen LogP contribution in [0.3, 0.4) is 0 Å². The summed E-state index contributed by atoms with van der Waals surface area (Å²) < 4.78 is 0. The van der Waals surface area contributed by atoms with Crippen molar-refractivity contribution in [2.24, 2.45) is 17.8 Å². The van der Waals surface area contributed by atoms with Gasteiger partial charge in [-0.15, -0.1) is 0 Å². The number of carbonyl (C=O) groups is 4. The molecule has 1 saturated carbocycles. The summed E-state index contributed by atoms with van der Waals surface area (Å²) >= 11 is 0.